The van der Waals surface area contributed by atoms with Crippen LogP contribution in [0, 0.1) is 5.82 Å². The largest absolute Gasteiger partial charge is 0.494 e. The zero-order chi connectivity index (χ0) is 15.7. The molecule has 118 valence electrons. The molecular weight excluding hydrogens is 267 g/mol. The Morgan fingerprint density at radius 3 is 2.67 bits per heavy atom. The van der Waals surface area contributed by atoms with E-state index < -0.39 is 0 Å². The first kappa shape index (κ1) is 16.2. The molecule has 1 aromatic carbocycles. The molecule has 1 fully saturated rings. The molecule has 1 N–H and O–H groups in total. The normalized spacial score (nSPS) is 25.8. The van der Waals surface area contributed by atoms with Crippen molar-refractivity contribution in [3.8, 4) is 5.75 Å². The molecule has 1 unspecified atom stereocenters. The van der Waals surface area contributed by atoms with E-state index >= 15 is 0 Å². The summed E-state index contributed by atoms with van der Waals surface area (Å²) in [6.07, 6.45) is 1.06. The fraction of sp³-hybridized carbons (Fsp3) is 0.647. The van der Waals surface area contributed by atoms with Gasteiger partial charge < -0.3 is 10.1 Å². The molecule has 1 aliphatic heterocycles. The molecule has 21 heavy (non-hydrogen) atoms. The van der Waals surface area contributed by atoms with Crippen LogP contribution < -0.4 is 10.1 Å². The third kappa shape index (κ3) is 3.38. The van der Waals surface area contributed by atoms with E-state index in [9.17, 15) is 4.39 Å². The molecule has 1 saturated heterocycles. The molecule has 2 rings (SSSR count). The van der Waals surface area contributed by atoms with Crippen LogP contribution in [0.5, 0.6) is 5.75 Å². The summed E-state index contributed by atoms with van der Waals surface area (Å²) in [6, 6.07) is 5.36. The van der Waals surface area contributed by atoms with E-state index in [-0.39, 0.29) is 16.9 Å². The third-order valence-corrected chi connectivity index (χ3v) is 4.75. The standard InChI is InChI=1S/C17H27FN2O/c1-6-17(4)12-20(16(2,3)11-19-17)10-13-8-7-9-14(21-5)15(13)18/h7-9,19H,6,10-12H2,1-5H3. The van der Waals surface area contributed by atoms with E-state index in [2.05, 4.69) is 37.9 Å². The summed E-state index contributed by atoms with van der Waals surface area (Å²) in [7, 11) is 1.51. The molecular formula is C17H27FN2O. The number of hydrogen-bond acceptors (Lipinski definition) is 3. The molecule has 0 bridgehead atoms. The van der Waals surface area contributed by atoms with E-state index in [1.807, 2.05) is 12.1 Å². The highest BCUT2D eigenvalue weighted by Gasteiger charge is 2.39. The molecule has 1 heterocycles. The second-order valence-corrected chi connectivity index (χ2v) is 6.87. The van der Waals surface area contributed by atoms with Crippen LogP contribution in [0.3, 0.4) is 0 Å². The molecule has 1 aliphatic rings. The zero-order valence-corrected chi connectivity index (χ0v) is 13.8. The third-order valence-electron chi connectivity index (χ3n) is 4.75. The summed E-state index contributed by atoms with van der Waals surface area (Å²) in [5.74, 6) is 0.0752. The van der Waals surface area contributed by atoms with Crippen molar-refractivity contribution in [2.24, 2.45) is 0 Å². The van der Waals surface area contributed by atoms with Gasteiger partial charge in [0.1, 0.15) is 0 Å². The van der Waals surface area contributed by atoms with Crippen molar-refractivity contribution in [3.63, 3.8) is 0 Å². The Morgan fingerprint density at radius 2 is 2.05 bits per heavy atom. The fourth-order valence-corrected chi connectivity index (χ4v) is 2.78. The highest BCUT2D eigenvalue weighted by Crippen LogP contribution is 2.29. The summed E-state index contributed by atoms with van der Waals surface area (Å²) >= 11 is 0. The van der Waals surface area contributed by atoms with Crippen molar-refractivity contribution >= 4 is 0 Å². The van der Waals surface area contributed by atoms with Crippen LogP contribution in [0.1, 0.15) is 39.7 Å². The van der Waals surface area contributed by atoms with Gasteiger partial charge in [0.2, 0.25) is 0 Å². The van der Waals surface area contributed by atoms with Gasteiger partial charge in [-0.25, -0.2) is 4.39 Å². The maximum absolute atomic E-state index is 14.4. The first-order chi connectivity index (χ1) is 9.81. The second-order valence-electron chi connectivity index (χ2n) is 6.87. The van der Waals surface area contributed by atoms with Gasteiger partial charge in [-0.05, 0) is 33.3 Å². The van der Waals surface area contributed by atoms with Gasteiger partial charge >= 0.3 is 0 Å². The molecule has 0 radical (unpaired) electrons. The van der Waals surface area contributed by atoms with Gasteiger partial charge in [0.15, 0.2) is 11.6 Å². The lowest BCUT2D eigenvalue weighted by atomic mass is 9.88. The highest BCUT2D eigenvalue weighted by molar-refractivity contribution is 5.31. The Bertz CT molecular complexity index is 504. The number of ether oxygens (including phenoxy) is 1. The Balaban J connectivity index is 2.24. The first-order valence-corrected chi connectivity index (χ1v) is 7.63. The fourth-order valence-electron chi connectivity index (χ4n) is 2.78. The maximum atomic E-state index is 14.4. The van der Waals surface area contributed by atoms with E-state index in [0.717, 1.165) is 19.5 Å². The monoisotopic (exact) mass is 294 g/mol. The Labute approximate surface area is 127 Å². The van der Waals surface area contributed by atoms with E-state index in [0.29, 0.717) is 17.9 Å². The Kier molecular flexibility index (Phi) is 4.59. The van der Waals surface area contributed by atoms with Crippen molar-refractivity contribution in [3.05, 3.63) is 29.6 Å². The number of rotatable bonds is 4. The summed E-state index contributed by atoms with van der Waals surface area (Å²) in [5.41, 5.74) is 0.789. The summed E-state index contributed by atoms with van der Waals surface area (Å²) in [5, 5.41) is 3.63. The predicted octanol–water partition coefficient (Wildman–Crippen LogP) is 3.19. The number of piperazine rings is 1. The average Bonchev–Trinajstić information content (AvgIpc) is 2.45. The van der Waals surface area contributed by atoms with Crippen molar-refractivity contribution in [1.29, 1.82) is 0 Å². The van der Waals surface area contributed by atoms with E-state index in [1.165, 1.54) is 7.11 Å². The molecule has 0 spiro atoms. The number of methoxy groups -OCH3 is 1. The molecule has 0 aliphatic carbocycles. The number of nitrogens with one attached hydrogen (secondary N) is 1. The van der Waals surface area contributed by atoms with Gasteiger partial charge in [0, 0.05) is 36.3 Å². The number of nitrogens with zero attached hydrogens (tertiary/aromatic N) is 1. The first-order valence-electron chi connectivity index (χ1n) is 7.63. The highest BCUT2D eigenvalue weighted by atomic mass is 19.1. The van der Waals surface area contributed by atoms with Crippen molar-refractivity contribution in [1.82, 2.24) is 10.2 Å². The quantitative estimate of drug-likeness (QED) is 0.923. The van der Waals surface area contributed by atoms with Crippen LogP contribution in [0.25, 0.3) is 0 Å². The minimum absolute atomic E-state index is 0.00416. The number of benzene rings is 1. The van der Waals surface area contributed by atoms with Gasteiger partial charge in [-0.15, -0.1) is 0 Å². The van der Waals surface area contributed by atoms with Crippen LogP contribution in [-0.2, 0) is 6.54 Å². The SMILES string of the molecule is CCC1(C)CN(Cc2cccc(OC)c2F)C(C)(C)CN1. The smallest absolute Gasteiger partial charge is 0.169 e. The van der Waals surface area contributed by atoms with E-state index in [1.54, 1.807) is 6.07 Å². The van der Waals surface area contributed by atoms with Crippen LogP contribution >= 0.6 is 0 Å². The van der Waals surface area contributed by atoms with E-state index in [4.69, 9.17) is 4.74 Å². The van der Waals surface area contributed by atoms with Crippen LogP contribution in [-0.4, -0.2) is 36.2 Å². The maximum Gasteiger partial charge on any atom is 0.169 e. The van der Waals surface area contributed by atoms with Gasteiger partial charge in [0.05, 0.1) is 7.11 Å². The van der Waals surface area contributed by atoms with Gasteiger partial charge in [-0.3, -0.25) is 4.90 Å². The molecule has 4 heteroatoms. The zero-order valence-electron chi connectivity index (χ0n) is 13.8. The van der Waals surface area contributed by atoms with Gasteiger partial charge in [-0.2, -0.15) is 0 Å². The van der Waals surface area contributed by atoms with Gasteiger partial charge in [-0.1, -0.05) is 19.1 Å². The summed E-state index contributed by atoms with van der Waals surface area (Å²) in [4.78, 5) is 2.37. The number of hydrogen-bond donors (Lipinski definition) is 1. The van der Waals surface area contributed by atoms with Crippen molar-refractivity contribution < 1.29 is 9.13 Å². The summed E-state index contributed by atoms with van der Waals surface area (Å²) in [6.45, 7) is 11.2. The number of halogens is 1. The molecule has 1 atom stereocenters. The summed E-state index contributed by atoms with van der Waals surface area (Å²) < 4.78 is 19.5. The minimum atomic E-state index is -0.243. The molecule has 1 aromatic rings. The Morgan fingerprint density at radius 1 is 1.33 bits per heavy atom. The molecule has 0 saturated carbocycles. The second kappa shape index (κ2) is 5.93. The van der Waals surface area contributed by atoms with Crippen molar-refractivity contribution in [2.45, 2.75) is 51.7 Å². The predicted molar refractivity (Wildman–Crippen MR) is 84.1 cm³/mol. The van der Waals surface area contributed by atoms with Crippen LogP contribution in [0.15, 0.2) is 18.2 Å². The lowest BCUT2D eigenvalue weighted by molar-refractivity contribution is 0.0237. The van der Waals surface area contributed by atoms with Crippen LogP contribution in [0.2, 0.25) is 0 Å². The van der Waals surface area contributed by atoms with Gasteiger partial charge in [0.25, 0.3) is 0 Å². The lowest BCUT2D eigenvalue weighted by Crippen LogP contribution is -2.66. The van der Waals surface area contributed by atoms with Crippen LogP contribution in [0.4, 0.5) is 4.39 Å². The van der Waals surface area contributed by atoms with Crippen molar-refractivity contribution in [2.75, 3.05) is 20.2 Å². The lowest BCUT2D eigenvalue weighted by Gasteiger charge is -2.50. The minimum Gasteiger partial charge on any atom is -0.494 e. The molecule has 0 amide bonds. The molecule has 0 aromatic heterocycles. The molecule has 3 nitrogen and oxygen atoms in total. The Hall–Kier alpha value is -1.13. The average molecular weight is 294 g/mol. The topological polar surface area (TPSA) is 24.5 Å².